The maximum atomic E-state index is 13.1. The highest BCUT2D eigenvalue weighted by atomic mass is 16.6. The number of ether oxygens (including phenoxy) is 1. The Kier molecular flexibility index (Phi) is 7.63. The van der Waals surface area contributed by atoms with Gasteiger partial charge in [-0.1, -0.05) is 30.3 Å². The minimum absolute atomic E-state index is 0.229. The maximum Gasteiger partial charge on any atom is 0.419 e. The quantitative estimate of drug-likeness (QED) is 0.535. The van der Waals surface area contributed by atoms with E-state index in [1.165, 1.54) is 4.57 Å². The molecule has 0 spiro atoms. The SMILES string of the molecule is C[C@@H]1[C@H](C(=O)N[C@H](C#N)Cc2ccc(-c3ccc4oc(=O)n(C)c4c3)cc2)CCCN1C(=O)OC(C)(C)C. The van der Waals surface area contributed by atoms with Gasteiger partial charge >= 0.3 is 11.8 Å². The van der Waals surface area contributed by atoms with Crippen LogP contribution in [0.2, 0.25) is 0 Å². The molecule has 0 radical (unpaired) electrons. The number of likely N-dealkylation sites (tertiary alicyclic amines) is 1. The zero-order valence-corrected chi connectivity index (χ0v) is 22.5. The molecule has 0 saturated carbocycles. The topological polar surface area (TPSA) is 118 Å². The van der Waals surface area contributed by atoms with E-state index in [0.29, 0.717) is 36.9 Å². The second-order valence-corrected chi connectivity index (χ2v) is 10.9. The lowest BCUT2D eigenvalue weighted by molar-refractivity contribution is -0.128. The second-order valence-electron chi connectivity index (χ2n) is 10.9. The van der Waals surface area contributed by atoms with Gasteiger partial charge < -0.3 is 19.4 Å². The highest BCUT2D eigenvalue weighted by molar-refractivity contribution is 5.82. The van der Waals surface area contributed by atoms with Crippen molar-refractivity contribution in [2.24, 2.45) is 13.0 Å². The summed E-state index contributed by atoms with van der Waals surface area (Å²) in [6.45, 7) is 7.84. The number of hydrogen-bond acceptors (Lipinski definition) is 6. The summed E-state index contributed by atoms with van der Waals surface area (Å²) in [5.74, 6) is -1.05. The Bertz CT molecular complexity index is 1420. The molecule has 3 atom stereocenters. The average Bonchev–Trinajstić information content (AvgIpc) is 3.15. The third-order valence-electron chi connectivity index (χ3n) is 6.94. The van der Waals surface area contributed by atoms with Crippen molar-refractivity contribution < 1.29 is 18.7 Å². The number of benzene rings is 2. The van der Waals surface area contributed by atoms with Crippen molar-refractivity contribution in [3.05, 3.63) is 58.6 Å². The van der Waals surface area contributed by atoms with Gasteiger partial charge in [0, 0.05) is 26.1 Å². The van der Waals surface area contributed by atoms with Crippen molar-refractivity contribution in [1.29, 1.82) is 5.26 Å². The minimum Gasteiger partial charge on any atom is -0.444 e. The van der Waals surface area contributed by atoms with Gasteiger partial charge in [-0.2, -0.15) is 5.26 Å². The van der Waals surface area contributed by atoms with Crippen molar-refractivity contribution in [2.45, 2.75) is 64.6 Å². The first-order chi connectivity index (χ1) is 18.0. The van der Waals surface area contributed by atoms with E-state index in [9.17, 15) is 19.6 Å². The lowest BCUT2D eigenvalue weighted by atomic mass is 9.89. The summed E-state index contributed by atoms with van der Waals surface area (Å²) < 4.78 is 12.2. The molecule has 0 aliphatic carbocycles. The molecule has 2 amide bonds. The molecule has 1 saturated heterocycles. The lowest BCUT2D eigenvalue weighted by Gasteiger charge is -2.39. The summed E-state index contributed by atoms with van der Waals surface area (Å²) in [6.07, 6.45) is 1.27. The number of nitriles is 1. The highest BCUT2D eigenvalue weighted by Crippen LogP contribution is 2.27. The Morgan fingerprint density at radius 3 is 2.53 bits per heavy atom. The van der Waals surface area contributed by atoms with Crippen LogP contribution in [0, 0.1) is 17.2 Å². The Morgan fingerprint density at radius 2 is 1.87 bits per heavy atom. The number of piperidine rings is 1. The fourth-order valence-electron chi connectivity index (χ4n) is 4.85. The number of amides is 2. The molecule has 0 unspecified atom stereocenters. The van der Waals surface area contributed by atoms with Gasteiger partial charge in [-0.05, 0) is 69.4 Å². The predicted molar refractivity (Wildman–Crippen MR) is 143 cm³/mol. The molecule has 1 aliphatic heterocycles. The van der Waals surface area contributed by atoms with Crippen LogP contribution < -0.4 is 11.1 Å². The standard InChI is InChI=1S/C29H34N4O5/c1-18-23(7-6-14-33(18)28(36)38-29(2,3)4)26(34)31-22(17-30)15-19-8-10-20(11-9-19)21-12-13-25-24(16-21)32(5)27(35)37-25/h8-13,16,18,22-23H,6-7,14-15H2,1-5H3,(H,31,34)/t18-,22+,23-/m1/s1. The van der Waals surface area contributed by atoms with Gasteiger partial charge in [0.1, 0.15) is 11.6 Å². The van der Waals surface area contributed by atoms with Crippen LogP contribution in [0.5, 0.6) is 0 Å². The molecule has 1 aliphatic rings. The summed E-state index contributed by atoms with van der Waals surface area (Å²) >= 11 is 0. The first kappa shape index (κ1) is 27.0. The summed E-state index contributed by atoms with van der Waals surface area (Å²) in [5.41, 5.74) is 3.44. The molecule has 2 aromatic carbocycles. The Hall–Kier alpha value is -4.06. The number of aryl methyl sites for hydroxylation is 1. The molecule has 0 bridgehead atoms. The van der Waals surface area contributed by atoms with Crippen LogP contribution in [0.25, 0.3) is 22.2 Å². The zero-order valence-electron chi connectivity index (χ0n) is 22.5. The van der Waals surface area contributed by atoms with E-state index in [1.54, 1.807) is 18.0 Å². The van der Waals surface area contributed by atoms with Gasteiger partial charge in [-0.3, -0.25) is 9.36 Å². The molecule has 9 nitrogen and oxygen atoms in total. The third kappa shape index (κ3) is 5.91. The number of carbonyl (C=O) groups excluding carboxylic acids is 2. The summed E-state index contributed by atoms with van der Waals surface area (Å²) in [4.78, 5) is 39.1. The smallest absolute Gasteiger partial charge is 0.419 e. The van der Waals surface area contributed by atoms with Crippen molar-refractivity contribution in [2.75, 3.05) is 6.54 Å². The number of fused-ring (bicyclic) bond motifs is 1. The zero-order chi connectivity index (χ0) is 27.6. The number of rotatable bonds is 5. The average molecular weight is 519 g/mol. The van der Waals surface area contributed by atoms with Crippen molar-refractivity contribution in [3.63, 3.8) is 0 Å². The number of oxazole rings is 1. The maximum absolute atomic E-state index is 13.1. The number of nitrogens with zero attached hydrogens (tertiary/aromatic N) is 3. The van der Waals surface area contributed by atoms with Crippen molar-refractivity contribution in [1.82, 2.24) is 14.8 Å². The lowest BCUT2D eigenvalue weighted by Crippen LogP contribution is -2.53. The van der Waals surface area contributed by atoms with E-state index in [1.807, 2.05) is 64.1 Å². The van der Waals surface area contributed by atoms with Gasteiger partial charge in [0.2, 0.25) is 5.91 Å². The second kappa shape index (κ2) is 10.7. The van der Waals surface area contributed by atoms with Crippen LogP contribution >= 0.6 is 0 Å². The van der Waals surface area contributed by atoms with Crippen LogP contribution in [-0.4, -0.2) is 45.7 Å². The molecule has 1 aromatic heterocycles. The number of aromatic nitrogens is 1. The molecule has 1 fully saturated rings. The molecule has 38 heavy (non-hydrogen) atoms. The molecule has 1 N–H and O–H groups in total. The fourth-order valence-corrected chi connectivity index (χ4v) is 4.85. The first-order valence-corrected chi connectivity index (χ1v) is 12.9. The summed E-state index contributed by atoms with van der Waals surface area (Å²) in [7, 11) is 1.67. The molecule has 200 valence electrons. The van der Waals surface area contributed by atoms with Gasteiger partial charge in [0.25, 0.3) is 0 Å². The van der Waals surface area contributed by atoms with Crippen molar-refractivity contribution >= 4 is 23.1 Å². The van der Waals surface area contributed by atoms with Crippen LogP contribution in [0.4, 0.5) is 4.79 Å². The Labute approximate surface area is 222 Å². The molecule has 4 rings (SSSR count). The number of nitrogens with one attached hydrogen (secondary N) is 1. The van der Waals surface area contributed by atoms with E-state index in [4.69, 9.17) is 9.15 Å². The number of hydrogen-bond donors (Lipinski definition) is 1. The Morgan fingerprint density at radius 1 is 1.18 bits per heavy atom. The monoisotopic (exact) mass is 518 g/mol. The van der Waals surface area contributed by atoms with Crippen molar-refractivity contribution in [3.8, 4) is 17.2 Å². The summed E-state index contributed by atoms with van der Waals surface area (Å²) in [5, 5.41) is 12.6. The molecule has 2 heterocycles. The van der Waals surface area contributed by atoms with E-state index >= 15 is 0 Å². The van der Waals surface area contributed by atoms with Crippen LogP contribution in [0.1, 0.15) is 46.1 Å². The molecule has 9 heteroatoms. The number of carbonyl (C=O) groups is 2. The van der Waals surface area contributed by atoms with E-state index in [-0.39, 0.29) is 11.9 Å². The summed E-state index contributed by atoms with van der Waals surface area (Å²) in [6, 6.07) is 14.5. The van der Waals surface area contributed by atoms with Gasteiger partial charge in [0.15, 0.2) is 5.58 Å². The normalized spacial score (nSPS) is 18.6. The van der Waals surface area contributed by atoms with Crippen LogP contribution in [0.15, 0.2) is 51.7 Å². The predicted octanol–water partition coefficient (Wildman–Crippen LogP) is 4.38. The van der Waals surface area contributed by atoms with Crippen LogP contribution in [0.3, 0.4) is 0 Å². The van der Waals surface area contributed by atoms with Gasteiger partial charge in [-0.15, -0.1) is 0 Å². The van der Waals surface area contributed by atoms with Gasteiger partial charge in [0.05, 0.1) is 17.5 Å². The van der Waals surface area contributed by atoms with Gasteiger partial charge in [-0.25, -0.2) is 9.59 Å². The fraction of sp³-hybridized carbons (Fsp3) is 0.448. The third-order valence-corrected chi connectivity index (χ3v) is 6.94. The minimum atomic E-state index is -0.700. The van der Waals surface area contributed by atoms with E-state index in [0.717, 1.165) is 16.7 Å². The van der Waals surface area contributed by atoms with E-state index < -0.39 is 29.4 Å². The first-order valence-electron chi connectivity index (χ1n) is 12.9. The highest BCUT2D eigenvalue weighted by Gasteiger charge is 2.37. The van der Waals surface area contributed by atoms with E-state index in [2.05, 4.69) is 11.4 Å². The molecule has 3 aromatic rings. The molecular formula is C29H34N4O5. The van der Waals surface area contributed by atoms with Crippen LogP contribution in [-0.2, 0) is 23.0 Å². The Balaban J connectivity index is 1.40. The largest absolute Gasteiger partial charge is 0.444 e. The molecular weight excluding hydrogens is 484 g/mol.